The number of esters is 1. The lowest BCUT2D eigenvalue weighted by Crippen LogP contribution is -2.06. The van der Waals surface area contributed by atoms with Gasteiger partial charge < -0.3 is 4.74 Å². The molecule has 0 radical (unpaired) electrons. The largest absolute Gasteiger partial charge is 0.457 e. The van der Waals surface area contributed by atoms with Crippen LogP contribution >= 0.6 is 0 Å². The second-order valence-electron chi connectivity index (χ2n) is 4.28. The van der Waals surface area contributed by atoms with Gasteiger partial charge in [0, 0.05) is 0 Å². The van der Waals surface area contributed by atoms with Crippen LogP contribution in [0.2, 0.25) is 0 Å². The van der Waals surface area contributed by atoms with Gasteiger partial charge in [0.1, 0.15) is 24.1 Å². The lowest BCUT2D eigenvalue weighted by molar-refractivity contribution is -0.139. The first-order valence-electron chi connectivity index (χ1n) is 6.27. The SMILES string of the molecule is N#C/C(=C/c1ccccc1)C(=O)OCc1ccc(F)cc1. The lowest BCUT2D eigenvalue weighted by atomic mass is 10.1. The van der Waals surface area contributed by atoms with Crippen LogP contribution in [0.15, 0.2) is 60.2 Å². The molecule has 2 aromatic carbocycles. The second kappa shape index (κ2) is 7.01. The van der Waals surface area contributed by atoms with Crippen LogP contribution in [0.1, 0.15) is 11.1 Å². The van der Waals surface area contributed by atoms with Crippen molar-refractivity contribution in [1.29, 1.82) is 5.26 Å². The van der Waals surface area contributed by atoms with Crippen molar-refractivity contribution in [1.82, 2.24) is 0 Å². The first-order valence-corrected chi connectivity index (χ1v) is 6.27. The quantitative estimate of drug-likeness (QED) is 0.490. The van der Waals surface area contributed by atoms with E-state index in [4.69, 9.17) is 10.00 Å². The van der Waals surface area contributed by atoms with Crippen LogP contribution in [0, 0.1) is 17.1 Å². The second-order valence-corrected chi connectivity index (χ2v) is 4.28. The van der Waals surface area contributed by atoms with E-state index in [2.05, 4.69) is 0 Å². The third-order valence-electron chi connectivity index (χ3n) is 2.73. The number of hydrogen-bond donors (Lipinski definition) is 0. The van der Waals surface area contributed by atoms with E-state index in [0.717, 1.165) is 5.56 Å². The summed E-state index contributed by atoms with van der Waals surface area (Å²) < 4.78 is 17.8. The Morgan fingerprint density at radius 3 is 2.43 bits per heavy atom. The van der Waals surface area contributed by atoms with E-state index >= 15 is 0 Å². The highest BCUT2D eigenvalue weighted by atomic mass is 19.1. The molecule has 0 bridgehead atoms. The van der Waals surface area contributed by atoms with E-state index in [1.807, 2.05) is 24.3 Å². The minimum atomic E-state index is -0.703. The minimum Gasteiger partial charge on any atom is -0.457 e. The van der Waals surface area contributed by atoms with Crippen LogP contribution in [0.4, 0.5) is 4.39 Å². The summed E-state index contributed by atoms with van der Waals surface area (Å²) in [6.45, 7) is -0.00702. The molecule has 21 heavy (non-hydrogen) atoms. The average molecular weight is 281 g/mol. The van der Waals surface area contributed by atoms with Gasteiger partial charge in [-0.25, -0.2) is 9.18 Å². The Morgan fingerprint density at radius 1 is 1.14 bits per heavy atom. The highest BCUT2D eigenvalue weighted by Gasteiger charge is 2.10. The van der Waals surface area contributed by atoms with E-state index < -0.39 is 5.97 Å². The molecule has 0 saturated carbocycles. The van der Waals surface area contributed by atoms with Gasteiger partial charge >= 0.3 is 5.97 Å². The first kappa shape index (κ1) is 14.5. The topological polar surface area (TPSA) is 50.1 Å². The number of ether oxygens (including phenoxy) is 1. The number of benzene rings is 2. The van der Waals surface area contributed by atoms with Crippen molar-refractivity contribution in [2.45, 2.75) is 6.61 Å². The highest BCUT2D eigenvalue weighted by molar-refractivity contribution is 5.97. The van der Waals surface area contributed by atoms with Crippen molar-refractivity contribution < 1.29 is 13.9 Å². The Labute approximate surface area is 121 Å². The van der Waals surface area contributed by atoms with Crippen molar-refractivity contribution in [3.8, 4) is 6.07 Å². The molecule has 104 valence electrons. The van der Waals surface area contributed by atoms with E-state index in [9.17, 15) is 9.18 Å². The number of nitrogens with zero attached hydrogens (tertiary/aromatic N) is 1. The van der Waals surface area contributed by atoms with Gasteiger partial charge in [0.2, 0.25) is 0 Å². The number of halogens is 1. The number of nitriles is 1. The number of hydrogen-bond acceptors (Lipinski definition) is 3. The Bertz CT molecular complexity index is 685. The van der Waals surface area contributed by atoms with Gasteiger partial charge in [-0.1, -0.05) is 42.5 Å². The molecule has 0 heterocycles. The van der Waals surface area contributed by atoms with E-state index in [0.29, 0.717) is 5.56 Å². The molecular formula is C17H12FNO2. The molecule has 0 aromatic heterocycles. The van der Waals surface area contributed by atoms with Gasteiger partial charge in [0.05, 0.1) is 0 Å². The van der Waals surface area contributed by atoms with Crippen LogP contribution in [0.5, 0.6) is 0 Å². The number of carbonyl (C=O) groups excluding carboxylic acids is 1. The number of carbonyl (C=O) groups is 1. The molecular weight excluding hydrogens is 269 g/mol. The monoisotopic (exact) mass is 281 g/mol. The Morgan fingerprint density at radius 2 is 1.81 bits per heavy atom. The maximum atomic E-state index is 12.8. The van der Waals surface area contributed by atoms with Gasteiger partial charge in [-0.3, -0.25) is 0 Å². The summed E-state index contributed by atoms with van der Waals surface area (Å²) in [5, 5.41) is 9.02. The third kappa shape index (κ3) is 4.29. The highest BCUT2D eigenvalue weighted by Crippen LogP contribution is 2.10. The van der Waals surface area contributed by atoms with Gasteiger partial charge in [0.15, 0.2) is 0 Å². The molecule has 0 aliphatic heterocycles. The van der Waals surface area contributed by atoms with Crippen molar-refractivity contribution in [3.63, 3.8) is 0 Å². The Hall–Kier alpha value is -2.93. The zero-order valence-corrected chi connectivity index (χ0v) is 11.1. The minimum absolute atomic E-state index is 0.00702. The molecule has 0 saturated heterocycles. The molecule has 2 aromatic rings. The molecule has 3 nitrogen and oxygen atoms in total. The summed E-state index contributed by atoms with van der Waals surface area (Å²) in [5.74, 6) is -1.06. The molecule has 2 rings (SSSR count). The number of rotatable bonds is 4. The smallest absolute Gasteiger partial charge is 0.349 e. The summed E-state index contributed by atoms with van der Waals surface area (Å²) in [4.78, 5) is 11.8. The van der Waals surface area contributed by atoms with Crippen LogP contribution in [-0.4, -0.2) is 5.97 Å². The molecule has 0 N–H and O–H groups in total. The first-order chi connectivity index (χ1) is 10.2. The van der Waals surface area contributed by atoms with Crippen molar-refractivity contribution in [2.24, 2.45) is 0 Å². The van der Waals surface area contributed by atoms with Crippen LogP contribution in [0.25, 0.3) is 6.08 Å². The zero-order chi connectivity index (χ0) is 15.1. The third-order valence-corrected chi connectivity index (χ3v) is 2.73. The van der Waals surface area contributed by atoms with Crippen molar-refractivity contribution in [2.75, 3.05) is 0 Å². The predicted molar refractivity (Wildman–Crippen MR) is 76.2 cm³/mol. The molecule has 0 fully saturated rings. The molecule has 0 aliphatic rings. The summed E-state index contributed by atoms with van der Waals surface area (Å²) in [6, 6.07) is 16.5. The maximum Gasteiger partial charge on any atom is 0.349 e. The molecule has 0 amide bonds. The molecule has 0 unspecified atom stereocenters. The van der Waals surface area contributed by atoms with Gasteiger partial charge in [-0.15, -0.1) is 0 Å². The van der Waals surface area contributed by atoms with Crippen molar-refractivity contribution in [3.05, 3.63) is 77.1 Å². The molecule has 0 spiro atoms. The summed E-state index contributed by atoms with van der Waals surface area (Å²) >= 11 is 0. The summed E-state index contributed by atoms with van der Waals surface area (Å²) in [7, 11) is 0. The summed E-state index contributed by atoms with van der Waals surface area (Å²) in [5.41, 5.74) is 1.32. The average Bonchev–Trinajstić information content (AvgIpc) is 2.52. The lowest BCUT2D eigenvalue weighted by Gasteiger charge is -2.04. The van der Waals surface area contributed by atoms with Crippen LogP contribution in [-0.2, 0) is 16.1 Å². The standard InChI is InChI=1S/C17H12FNO2/c18-16-8-6-14(7-9-16)12-21-17(20)15(11-19)10-13-4-2-1-3-5-13/h1-10H,12H2/b15-10-. The Balaban J connectivity index is 2.03. The Kier molecular flexibility index (Phi) is 4.84. The van der Waals surface area contributed by atoms with Crippen LogP contribution < -0.4 is 0 Å². The summed E-state index contributed by atoms with van der Waals surface area (Å²) in [6.07, 6.45) is 1.47. The van der Waals surface area contributed by atoms with Gasteiger partial charge in [0.25, 0.3) is 0 Å². The van der Waals surface area contributed by atoms with Crippen molar-refractivity contribution >= 4 is 12.0 Å². The fourth-order valence-corrected chi connectivity index (χ4v) is 1.66. The fourth-order valence-electron chi connectivity index (χ4n) is 1.66. The fraction of sp³-hybridized carbons (Fsp3) is 0.0588. The zero-order valence-electron chi connectivity index (χ0n) is 11.1. The van der Waals surface area contributed by atoms with E-state index in [1.54, 1.807) is 12.1 Å². The molecule has 0 aliphatic carbocycles. The van der Waals surface area contributed by atoms with E-state index in [-0.39, 0.29) is 18.0 Å². The van der Waals surface area contributed by atoms with Gasteiger partial charge in [-0.05, 0) is 29.3 Å². The molecule has 4 heteroatoms. The maximum absolute atomic E-state index is 12.8. The predicted octanol–water partition coefficient (Wildman–Crippen LogP) is 3.48. The molecule has 0 atom stereocenters. The van der Waals surface area contributed by atoms with E-state index in [1.165, 1.54) is 30.3 Å². The normalized spacial score (nSPS) is 10.8. The van der Waals surface area contributed by atoms with Gasteiger partial charge in [-0.2, -0.15) is 5.26 Å². The van der Waals surface area contributed by atoms with Crippen LogP contribution in [0.3, 0.4) is 0 Å².